The maximum Gasteiger partial charge on any atom is 0.139 e. The van der Waals surface area contributed by atoms with E-state index in [1.807, 2.05) is 12.1 Å². The fourth-order valence-electron chi connectivity index (χ4n) is 2.41. The van der Waals surface area contributed by atoms with Crippen molar-refractivity contribution in [3.8, 4) is 0 Å². The monoisotopic (exact) mass is 262 g/mol. The van der Waals surface area contributed by atoms with Crippen LogP contribution in [0.2, 0.25) is 0 Å². The molecule has 5 heteroatoms. The number of nitrogen functional groups attached to an aromatic ring is 1. The Bertz CT molecular complexity index is 435. The van der Waals surface area contributed by atoms with E-state index in [-0.39, 0.29) is 11.9 Å². The highest BCUT2D eigenvalue weighted by Crippen LogP contribution is 2.22. The van der Waals surface area contributed by atoms with Crippen molar-refractivity contribution in [2.45, 2.75) is 32.3 Å². The van der Waals surface area contributed by atoms with Gasteiger partial charge in [-0.15, -0.1) is 0 Å². The number of piperidine rings is 1. The lowest BCUT2D eigenvalue weighted by Crippen LogP contribution is -2.41. The normalized spacial score (nSPS) is 19.4. The van der Waals surface area contributed by atoms with Crippen LogP contribution in [0.3, 0.4) is 0 Å². The van der Waals surface area contributed by atoms with Crippen LogP contribution >= 0.6 is 0 Å². The molecule has 1 saturated heterocycles. The third-order valence-corrected chi connectivity index (χ3v) is 3.31. The molecule has 1 aromatic heterocycles. The Balaban J connectivity index is 2.11. The van der Waals surface area contributed by atoms with Gasteiger partial charge < -0.3 is 15.4 Å². The second kappa shape index (κ2) is 6.52. The summed E-state index contributed by atoms with van der Waals surface area (Å²) in [6.45, 7) is 4.70. The number of nitrogens with two attached hydrogens (primary N) is 1. The molecule has 1 aliphatic rings. The van der Waals surface area contributed by atoms with Crippen molar-refractivity contribution in [2.24, 2.45) is 5.73 Å². The summed E-state index contributed by atoms with van der Waals surface area (Å²) in [5.74, 6) is 0.875. The molecule has 19 heavy (non-hydrogen) atoms. The minimum atomic E-state index is 0.0692. The number of rotatable bonds is 5. The molecule has 0 bridgehead atoms. The highest BCUT2D eigenvalue weighted by molar-refractivity contribution is 5.99. The summed E-state index contributed by atoms with van der Waals surface area (Å²) in [5.41, 5.74) is 6.33. The van der Waals surface area contributed by atoms with E-state index in [9.17, 15) is 0 Å². The van der Waals surface area contributed by atoms with E-state index in [2.05, 4.69) is 16.8 Å². The highest BCUT2D eigenvalue weighted by Gasteiger charge is 2.23. The zero-order valence-corrected chi connectivity index (χ0v) is 11.4. The van der Waals surface area contributed by atoms with E-state index in [1.54, 1.807) is 6.20 Å². The molecule has 0 aliphatic carbocycles. The molecule has 3 N–H and O–H groups in total. The van der Waals surface area contributed by atoms with Gasteiger partial charge in [0.1, 0.15) is 11.7 Å². The van der Waals surface area contributed by atoms with Gasteiger partial charge in [0.15, 0.2) is 0 Å². The third kappa shape index (κ3) is 3.44. The van der Waals surface area contributed by atoms with Crippen LogP contribution < -0.4 is 10.6 Å². The van der Waals surface area contributed by atoms with Crippen LogP contribution in [0, 0.1) is 5.41 Å². The molecule has 0 spiro atoms. The molecule has 1 unspecified atom stereocenters. The Kier molecular flexibility index (Phi) is 4.74. The Morgan fingerprint density at radius 2 is 2.47 bits per heavy atom. The number of aromatic nitrogens is 1. The molecular formula is C14H22N4O. The van der Waals surface area contributed by atoms with Gasteiger partial charge in [0.05, 0.1) is 11.7 Å². The topological polar surface area (TPSA) is 75.2 Å². The molecule has 2 heterocycles. The minimum absolute atomic E-state index is 0.0692. The lowest BCUT2D eigenvalue weighted by molar-refractivity contribution is 0.0439. The van der Waals surface area contributed by atoms with Crippen LogP contribution in [0.4, 0.5) is 5.82 Å². The Labute approximate surface area is 114 Å². The summed E-state index contributed by atoms with van der Waals surface area (Å²) in [6.07, 6.45) is 5.23. The van der Waals surface area contributed by atoms with Crippen LogP contribution in [-0.4, -0.2) is 36.6 Å². The van der Waals surface area contributed by atoms with Crippen LogP contribution in [0.5, 0.6) is 0 Å². The number of pyridine rings is 1. The van der Waals surface area contributed by atoms with E-state index in [0.717, 1.165) is 44.8 Å². The molecule has 5 nitrogen and oxygen atoms in total. The Morgan fingerprint density at radius 3 is 3.21 bits per heavy atom. The first-order valence-electron chi connectivity index (χ1n) is 6.88. The number of hydrogen-bond donors (Lipinski definition) is 2. The smallest absolute Gasteiger partial charge is 0.139 e. The summed E-state index contributed by atoms with van der Waals surface area (Å²) in [4.78, 5) is 6.57. The summed E-state index contributed by atoms with van der Waals surface area (Å²) >= 11 is 0. The van der Waals surface area contributed by atoms with Crippen molar-refractivity contribution in [1.82, 2.24) is 4.98 Å². The molecule has 1 aliphatic heterocycles. The largest absolute Gasteiger partial charge is 0.384 e. The maximum absolute atomic E-state index is 7.64. The van der Waals surface area contributed by atoms with Crippen molar-refractivity contribution in [3.05, 3.63) is 23.9 Å². The third-order valence-electron chi connectivity index (χ3n) is 3.31. The summed E-state index contributed by atoms with van der Waals surface area (Å²) in [6, 6.07) is 3.66. The van der Waals surface area contributed by atoms with Gasteiger partial charge in [0.2, 0.25) is 0 Å². The van der Waals surface area contributed by atoms with Crippen LogP contribution in [-0.2, 0) is 4.74 Å². The lowest BCUT2D eigenvalue weighted by Gasteiger charge is -2.34. The number of nitrogens with zero attached hydrogens (tertiary/aromatic N) is 2. The van der Waals surface area contributed by atoms with E-state index < -0.39 is 0 Å². The fraction of sp³-hybridized carbons (Fsp3) is 0.571. The summed E-state index contributed by atoms with van der Waals surface area (Å²) in [5, 5.41) is 7.64. The molecule has 0 aromatic carbocycles. The first-order chi connectivity index (χ1) is 9.22. The van der Waals surface area contributed by atoms with Gasteiger partial charge in [0.25, 0.3) is 0 Å². The highest BCUT2D eigenvalue weighted by atomic mass is 16.5. The van der Waals surface area contributed by atoms with Gasteiger partial charge in [-0.3, -0.25) is 5.41 Å². The Hall–Kier alpha value is -1.62. The molecule has 0 amide bonds. The molecule has 104 valence electrons. The first kappa shape index (κ1) is 13.8. The molecule has 0 saturated carbocycles. The molecule has 0 radical (unpaired) electrons. The lowest BCUT2D eigenvalue weighted by atomic mass is 10.1. The molecular weight excluding hydrogens is 240 g/mol. The predicted molar refractivity (Wildman–Crippen MR) is 76.7 cm³/mol. The predicted octanol–water partition coefficient (Wildman–Crippen LogP) is 1.76. The molecule has 1 fully saturated rings. The van der Waals surface area contributed by atoms with Crippen LogP contribution in [0.15, 0.2) is 18.3 Å². The first-order valence-corrected chi connectivity index (χ1v) is 6.88. The van der Waals surface area contributed by atoms with Crippen molar-refractivity contribution in [3.63, 3.8) is 0 Å². The Morgan fingerprint density at radius 1 is 1.63 bits per heavy atom. The number of anilines is 1. The van der Waals surface area contributed by atoms with Gasteiger partial charge in [-0.2, -0.15) is 0 Å². The summed E-state index contributed by atoms with van der Waals surface area (Å²) < 4.78 is 5.83. The number of nitrogens with one attached hydrogen (secondary N) is 1. The number of ether oxygens (including phenoxy) is 1. The van der Waals surface area contributed by atoms with E-state index in [4.69, 9.17) is 15.9 Å². The zero-order valence-electron chi connectivity index (χ0n) is 11.4. The number of amidine groups is 1. The van der Waals surface area contributed by atoms with Gasteiger partial charge in [-0.1, -0.05) is 6.92 Å². The quantitative estimate of drug-likeness (QED) is 0.626. The number of hydrogen-bond acceptors (Lipinski definition) is 4. The van der Waals surface area contributed by atoms with Crippen LogP contribution in [0.1, 0.15) is 31.7 Å². The average molecular weight is 262 g/mol. The molecule has 1 atom stereocenters. The van der Waals surface area contributed by atoms with Crippen LogP contribution in [0.25, 0.3) is 0 Å². The van der Waals surface area contributed by atoms with Gasteiger partial charge in [0, 0.05) is 25.9 Å². The van der Waals surface area contributed by atoms with Crippen molar-refractivity contribution in [2.75, 3.05) is 24.6 Å². The van der Waals surface area contributed by atoms with E-state index >= 15 is 0 Å². The maximum atomic E-state index is 7.64. The van der Waals surface area contributed by atoms with E-state index in [1.165, 1.54) is 0 Å². The van der Waals surface area contributed by atoms with Crippen molar-refractivity contribution < 1.29 is 4.74 Å². The zero-order chi connectivity index (χ0) is 13.7. The average Bonchev–Trinajstić information content (AvgIpc) is 2.45. The van der Waals surface area contributed by atoms with Crippen molar-refractivity contribution >= 4 is 11.7 Å². The molecule has 1 aromatic rings. The minimum Gasteiger partial charge on any atom is -0.384 e. The summed E-state index contributed by atoms with van der Waals surface area (Å²) in [7, 11) is 0. The SMILES string of the molecule is CCCOC1CCCN(c2ncccc2C(=N)N)C1. The standard InChI is InChI=1S/C14H22N4O/c1-2-9-19-11-5-4-8-18(10-11)14-12(13(15)16)6-3-7-17-14/h3,6-7,11H,2,4-5,8-10H2,1H3,(H3,15,16). The fourth-order valence-corrected chi connectivity index (χ4v) is 2.41. The molecule has 2 rings (SSSR count). The second-order valence-corrected chi connectivity index (χ2v) is 4.87. The van der Waals surface area contributed by atoms with E-state index in [0.29, 0.717) is 5.56 Å². The van der Waals surface area contributed by atoms with Gasteiger partial charge in [-0.25, -0.2) is 4.98 Å². The van der Waals surface area contributed by atoms with Crippen molar-refractivity contribution in [1.29, 1.82) is 5.41 Å². The second-order valence-electron chi connectivity index (χ2n) is 4.87. The van der Waals surface area contributed by atoms with Gasteiger partial charge in [-0.05, 0) is 31.4 Å². The van der Waals surface area contributed by atoms with Gasteiger partial charge >= 0.3 is 0 Å².